The Hall–Kier alpha value is -3.41. The molecule has 2 aromatic heterocycles. The highest BCUT2D eigenvalue weighted by Gasteiger charge is 2.21. The first-order valence-corrected chi connectivity index (χ1v) is 12.8. The largest absolute Gasteiger partial charge is 0.488 e. The lowest BCUT2D eigenvalue weighted by Crippen LogP contribution is -2.18. The highest BCUT2D eigenvalue weighted by molar-refractivity contribution is 7.90. The van der Waals surface area contributed by atoms with Crippen molar-refractivity contribution in [2.75, 3.05) is 33.1 Å². The number of aromatic amines is 1. The SMILES string of the molecule is COC[C@H](C)Oc1cc(Oc2ccc(S(C)(=O)=O)nc2)cc(-c2ccc(C3=NCC(CO)O3)[nH]2)c1. The highest BCUT2D eigenvalue weighted by atomic mass is 32.2. The molecule has 1 aliphatic heterocycles. The zero-order valence-electron chi connectivity index (χ0n) is 19.6. The van der Waals surface area contributed by atoms with Gasteiger partial charge >= 0.3 is 0 Å². The van der Waals surface area contributed by atoms with E-state index in [0.29, 0.717) is 42.0 Å². The summed E-state index contributed by atoms with van der Waals surface area (Å²) in [5, 5.41) is 9.25. The fourth-order valence-corrected chi connectivity index (χ4v) is 4.05. The molecule has 3 aromatic rings. The summed E-state index contributed by atoms with van der Waals surface area (Å²) >= 11 is 0. The van der Waals surface area contributed by atoms with Gasteiger partial charge in [0.2, 0.25) is 5.90 Å². The van der Waals surface area contributed by atoms with Crippen molar-refractivity contribution in [3.05, 3.63) is 54.4 Å². The van der Waals surface area contributed by atoms with E-state index in [2.05, 4.69) is 15.0 Å². The van der Waals surface area contributed by atoms with Gasteiger partial charge < -0.3 is 29.0 Å². The van der Waals surface area contributed by atoms with Crippen molar-refractivity contribution in [1.82, 2.24) is 9.97 Å². The van der Waals surface area contributed by atoms with Gasteiger partial charge in [0.15, 0.2) is 14.9 Å². The third-order valence-corrected chi connectivity index (χ3v) is 6.09. The van der Waals surface area contributed by atoms with Crippen LogP contribution in [0.25, 0.3) is 11.3 Å². The molecule has 2 atom stereocenters. The Morgan fingerprint density at radius 3 is 2.57 bits per heavy atom. The maximum Gasteiger partial charge on any atom is 0.233 e. The molecule has 0 aliphatic carbocycles. The predicted molar refractivity (Wildman–Crippen MR) is 129 cm³/mol. The molecular formula is C24H27N3O7S. The summed E-state index contributed by atoms with van der Waals surface area (Å²) in [5.74, 6) is 1.86. The van der Waals surface area contributed by atoms with Crippen LogP contribution < -0.4 is 9.47 Å². The van der Waals surface area contributed by atoms with Crippen LogP contribution in [0, 0.1) is 0 Å². The van der Waals surface area contributed by atoms with Crippen molar-refractivity contribution >= 4 is 15.7 Å². The van der Waals surface area contributed by atoms with Crippen LogP contribution in [0.4, 0.5) is 0 Å². The van der Waals surface area contributed by atoms with Gasteiger partial charge in [0.05, 0.1) is 26.0 Å². The van der Waals surface area contributed by atoms with Gasteiger partial charge in [-0.05, 0) is 43.3 Å². The van der Waals surface area contributed by atoms with Crippen LogP contribution in [0.2, 0.25) is 0 Å². The molecule has 0 fully saturated rings. The number of aliphatic hydroxyl groups is 1. The summed E-state index contributed by atoms with van der Waals surface area (Å²) in [4.78, 5) is 11.6. The van der Waals surface area contributed by atoms with E-state index in [9.17, 15) is 13.5 Å². The maximum absolute atomic E-state index is 11.7. The normalized spacial score (nSPS) is 16.5. The number of hydrogen-bond acceptors (Lipinski definition) is 9. The van der Waals surface area contributed by atoms with Gasteiger partial charge in [-0.2, -0.15) is 0 Å². The Labute approximate surface area is 203 Å². The van der Waals surface area contributed by atoms with Gasteiger partial charge in [-0.15, -0.1) is 0 Å². The van der Waals surface area contributed by atoms with Crippen molar-refractivity contribution in [2.45, 2.75) is 24.2 Å². The van der Waals surface area contributed by atoms with E-state index in [0.717, 1.165) is 17.5 Å². The summed E-state index contributed by atoms with van der Waals surface area (Å²) in [6, 6.07) is 12.1. The van der Waals surface area contributed by atoms with Gasteiger partial charge in [-0.1, -0.05) is 0 Å². The molecule has 0 bridgehead atoms. The smallest absolute Gasteiger partial charge is 0.233 e. The quantitative estimate of drug-likeness (QED) is 0.433. The van der Waals surface area contributed by atoms with E-state index < -0.39 is 9.84 Å². The Morgan fingerprint density at radius 1 is 1.14 bits per heavy atom. The summed E-state index contributed by atoms with van der Waals surface area (Å²) in [5.41, 5.74) is 2.25. The third-order valence-electron chi connectivity index (χ3n) is 5.09. The number of nitrogens with one attached hydrogen (secondary N) is 1. The second-order valence-electron chi connectivity index (χ2n) is 8.14. The molecule has 186 valence electrons. The topological polar surface area (TPSA) is 132 Å². The Kier molecular flexibility index (Phi) is 7.39. The van der Waals surface area contributed by atoms with E-state index in [1.807, 2.05) is 31.2 Å². The minimum Gasteiger partial charge on any atom is -0.488 e. The number of sulfone groups is 1. The number of hydrogen-bond donors (Lipinski definition) is 2. The van der Waals surface area contributed by atoms with E-state index in [1.165, 1.54) is 12.3 Å². The molecule has 35 heavy (non-hydrogen) atoms. The molecule has 0 spiro atoms. The summed E-state index contributed by atoms with van der Waals surface area (Å²) in [6.07, 6.45) is 1.92. The van der Waals surface area contributed by atoms with Crippen molar-refractivity contribution in [3.8, 4) is 28.5 Å². The minimum absolute atomic E-state index is 0.0320. The summed E-state index contributed by atoms with van der Waals surface area (Å²) in [6.45, 7) is 2.61. The average Bonchev–Trinajstić information content (AvgIpc) is 3.48. The van der Waals surface area contributed by atoms with Gasteiger partial charge in [-0.3, -0.25) is 0 Å². The fourth-order valence-electron chi connectivity index (χ4n) is 3.49. The monoisotopic (exact) mass is 501 g/mol. The zero-order chi connectivity index (χ0) is 25.0. The molecule has 4 rings (SSSR count). The summed E-state index contributed by atoms with van der Waals surface area (Å²) in [7, 11) is -1.80. The number of methoxy groups -OCH3 is 1. The molecule has 2 N–H and O–H groups in total. The second kappa shape index (κ2) is 10.5. The van der Waals surface area contributed by atoms with Crippen LogP contribution in [0.3, 0.4) is 0 Å². The third kappa shape index (κ3) is 6.18. The molecule has 3 heterocycles. The molecule has 0 saturated heterocycles. The van der Waals surface area contributed by atoms with Crippen molar-refractivity contribution in [1.29, 1.82) is 0 Å². The lowest BCUT2D eigenvalue weighted by molar-refractivity contribution is 0.0920. The van der Waals surface area contributed by atoms with Crippen LogP contribution in [0.1, 0.15) is 12.6 Å². The number of aromatic nitrogens is 2. The first kappa shape index (κ1) is 24.7. The first-order chi connectivity index (χ1) is 16.7. The number of pyridine rings is 1. The predicted octanol–water partition coefficient (Wildman–Crippen LogP) is 2.82. The van der Waals surface area contributed by atoms with E-state index >= 15 is 0 Å². The molecule has 1 aromatic carbocycles. The maximum atomic E-state index is 11.7. The van der Waals surface area contributed by atoms with Crippen molar-refractivity contribution in [3.63, 3.8) is 0 Å². The number of rotatable bonds is 10. The first-order valence-electron chi connectivity index (χ1n) is 10.9. The Bertz CT molecular complexity index is 1300. The van der Waals surface area contributed by atoms with Gasteiger partial charge in [0.1, 0.15) is 35.2 Å². The van der Waals surface area contributed by atoms with Gasteiger partial charge in [0, 0.05) is 30.7 Å². The Balaban J connectivity index is 1.62. The second-order valence-corrected chi connectivity index (χ2v) is 10.1. The molecule has 0 saturated carbocycles. The number of H-pyrrole nitrogens is 1. The standard InChI is InChI=1S/C24H27N3O7S/c1-15(14-31-2)32-18-8-16(21-5-6-22(27-21)24-26-12-20(13-28)34-24)9-19(10-18)33-17-4-7-23(25-11-17)35(3,29)30/h4-11,15,20,27-28H,12-14H2,1-3H3/t15-,20?/m0/s1. The molecule has 1 aliphatic rings. The molecule has 0 radical (unpaired) electrons. The fraction of sp³-hybridized carbons (Fsp3) is 0.333. The number of ether oxygens (including phenoxy) is 4. The number of aliphatic hydroxyl groups excluding tert-OH is 1. The Morgan fingerprint density at radius 2 is 1.91 bits per heavy atom. The van der Waals surface area contributed by atoms with Crippen molar-refractivity contribution < 1.29 is 32.5 Å². The van der Waals surface area contributed by atoms with E-state index in [4.69, 9.17) is 18.9 Å². The van der Waals surface area contributed by atoms with Crippen LogP contribution in [0.5, 0.6) is 17.2 Å². The lowest BCUT2D eigenvalue weighted by Gasteiger charge is -2.16. The van der Waals surface area contributed by atoms with Gasteiger partial charge in [-0.25, -0.2) is 18.4 Å². The van der Waals surface area contributed by atoms with Gasteiger partial charge in [0.25, 0.3) is 0 Å². The van der Waals surface area contributed by atoms with E-state index in [1.54, 1.807) is 19.2 Å². The number of nitrogens with zero attached hydrogens (tertiary/aromatic N) is 2. The summed E-state index contributed by atoms with van der Waals surface area (Å²) < 4.78 is 46.1. The average molecular weight is 502 g/mol. The zero-order valence-corrected chi connectivity index (χ0v) is 20.4. The molecule has 1 unspecified atom stereocenters. The molecule has 11 heteroatoms. The minimum atomic E-state index is -3.41. The highest BCUT2D eigenvalue weighted by Crippen LogP contribution is 2.33. The molecule has 10 nitrogen and oxygen atoms in total. The van der Waals surface area contributed by atoms with E-state index in [-0.39, 0.29) is 23.8 Å². The number of aliphatic imine (C=N–C) groups is 1. The number of benzene rings is 1. The van der Waals surface area contributed by atoms with Crippen LogP contribution in [0.15, 0.2) is 58.7 Å². The van der Waals surface area contributed by atoms with Crippen molar-refractivity contribution in [2.24, 2.45) is 4.99 Å². The molecule has 0 amide bonds. The van der Waals surface area contributed by atoms with Crippen LogP contribution in [-0.4, -0.2) is 74.7 Å². The lowest BCUT2D eigenvalue weighted by atomic mass is 10.1. The van der Waals surface area contributed by atoms with Crippen LogP contribution >= 0.6 is 0 Å². The van der Waals surface area contributed by atoms with Crippen LogP contribution in [-0.2, 0) is 19.3 Å². The molecular weight excluding hydrogens is 474 g/mol.